The number of nitro groups is 1. The van der Waals surface area contributed by atoms with E-state index in [0.717, 1.165) is 6.07 Å². The Hall–Kier alpha value is -1.51. The highest BCUT2D eigenvalue weighted by molar-refractivity contribution is 7.89. The van der Waals surface area contributed by atoms with Crippen molar-refractivity contribution >= 4 is 15.7 Å². The van der Waals surface area contributed by atoms with Crippen LogP contribution in [0.3, 0.4) is 0 Å². The van der Waals surface area contributed by atoms with Crippen molar-refractivity contribution in [2.45, 2.75) is 11.8 Å². The molecule has 1 aromatic carbocycles. The summed E-state index contributed by atoms with van der Waals surface area (Å²) in [4.78, 5) is 9.30. The number of hydrogen-bond donors (Lipinski definition) is 2. The molecule has 0 aliphatic carbocycles. The minimum Gasteiger partial charge on any atom is -0.397 e. The first-order chi connectivity index (χ1) is 7.32. The molecule has 1 rings (SSSR count). The standard InChI is InChI=1S/C6H6N2O4S.C2H6O/c7-13(11,12)6-3-1-2-5(4-6)8(9)10;1-2-3/h1-4H,(H2,7,11,12);3H,2H2,1H3. The largest absolute Gasteiger partial charge is 0.397 e. The van der Waals surface area contributed by atoms with Gasteiger partial charge in [0.15, 0.2) is 0 Å². The average Bonchev–Trinajstić information content (AvgIpc) is 2.18. The average molecular weight is 248 g/mol. The summed E-state index contributed by atoms with van der Waals surface area (Å²) in [6, 6.07) is 4.56. The van der Waals surface area contributed by atoms with E-state index in [1.807, 2.05) is 0 Å². The van der Waals surface area contributed by atoms with E-state index in [0.29, 0.717) is 0 Å². The van der Waals surface area contributed by atoms with Crippen LogP contribution in [-0.4, -0.2) is 25.1 Å². The van der Waals surface area contributed by atoms with Gasteiger partial charge in [0.05, 0.1) is 9.82 Å². The minimum atomic E-state index is -3.86. The van der Waals surface area contributed by atoms with Crippen LogP contribution < -0.4 is 5.14 Å². The molecule has 16 heavy (non-hydrogen) atoms. The summed E-state index contributed by atoms with van der Waals surface area (Å²) in [5.41, 5.74) is -0.300. The molecule has 0 bridgehead atoms. The summed E-state index contributed by atoms with van der Waals surface area (Å²) in [6.45, 7) is 1.93. The molecule has 7 nitrogen and oxygen atoms in total. The van der Waals surface area contributed by atoms with Gasteiger partial charge in [-0.3, -0.25) is 10.1 Å². The summed E-state index contributed by atoms with van der Waals surface area (Å²) in [5.74, 6) is 0. The number of rotatable bonds is 2. The Labute approximate surface area is 92.7 Å². The zero-order valence-electron chi connectivity index (χ0n) is 8.53. The molecule has 0 saturated heterocycles. The maximum Gasteiger partial charge on any atom is 0.270 e. The summed E-state index contributed by atoms with van der Waals surface area (Å²) >= 11 is 0. The van der Waals surface area contributed by atoms with Gasteiger partial charge in [-0.25, -0.2) is 13.6 Å². The lowest BCUT2D eigenvalue weighted by Crippen LogP contribution is -2.12. The number of benzene rings is 1. The lowest BCUT2D eigenvalue weighted by atomic mass is 10.3. The molecule has 0 atom stereocenters. The van der Waals surface area contributed by atoms with Crippen LogP contribution in [0.5, 0.6) is 0 Å². The SMILES string of the molecule is CCO.NS(=O)(=O)c1cccc([N+](=O)[O-])c1. The van der Waals surface area contributed by atoms with Crippen molar-refractivity contribution in [1.82, 2.24) is 0 Å². The second-order valence-corrected chi connectivity index (χ2v) is 4.18. The van der Waals surface area contributed by atoms with Crippen molar-refractivity contribution in [2.75, 3.05) is 6.61 Å². The molecule has 0 amide bonds. The van der Waals surface area contributed by atoms with E-state index < -0.39 is 14.9 Å². The number of primary sulfonamides is 1. The van der Waals surface area contributed by atoms with E-state index in [2.05, 4.69) is 0 Å². The van der Waals surface area contributed by atoms with Crippen LogP contribution in [0.15, 0.2) is 29.2 Å². The van der Waals surface area contributed by atoms with Crippen LogP contribution in [0, 0.1) is 10.1 Å². The second-order valence-electron chi connectivity index (χ2n) is 2.62. The Balaban J connectivity index is 0.000000673. The van der Waals surface area contributed by atoms with Crippen molar-refractivity contribution < 1.29 is 18.4 Å². The van der Waals surface area contributed by atoms with Crippen LogP contribution in [0.1, 0.15) is 6.92 Å². The number of hydrogen-bond acceptors (Lipinski definition) is 5. The van der Waals surface area contributed by atoms with Gasteiger partial charge < -0.3 is 5.11 Å². The molecule has 0 aliphatic rings. The number of nitrogens with two attached hydrogens (primary N) is 1. The molecule has 0 heterocycles. The second kappa shape index (κ2) is 6.16. The van der Waals surface area contributed by atoms with Crippen molar-refractivity contribution in [3.8, 4) is 0 Å². The Morgan fingerprint density at radius 1 is 1.50 bits per heavy atom. The monoisotopic (exact) mass is 248 g/mol. The van der Waals surface area contributed by atoms with Gasteiger partial charge in [-0.05, 0) is 13.0 Å². The van der Waals surface area contributed by atoms with E-state index in [-0.39, 0.29) is 17.2 Å². The molecule has 1 aromatic rings. The highest BCUT2D eigenvalue weighted by Gasteiger charge is 2.12. The fraction of sp³-hybridized carbons (Fsp3) is 0.250. The minimum absolute atomic E-state index is 0.250. The van der Waals surface area contributed by atoms with E-state index in [1.54, 1.807) is 6.92 Å². The quantitative estimate of drug-likeness (QED) is 0.573. The maximum absolute atomic E-state index is 10.8. The number of nitrogens with zero attached hydrogens (tertiary/aromatic N) is 1. The zero-order chi connectivity index (χ0) is 12.8. The topological polar surface area (TPSA) is 124 Å². The van der Waals surface area contributed by atoms with E-state index in [4.69, 9.17) is 10.2 Å². The zero-order valence-corrected chi connectivity index (χ0v) is 9.35. The van der Waals surface area contributed by atoms with E-state index in [1.165, 1.54) is 18.2 Å². The molecule has 0 unspecified atom stereocenters. The fourth-order valence-corrected chi connectivity index (χ4v) is 1.33. The van der Waals surface area contributed by atoms with Gasteiger partial charge in [0.2, 0.25) is 10.0 Å². The third-order valence-electron chi connectivity index (χ3n) is 1.36. The summed E-state index contributed by atoms with van der Waals surface area (Å²) in [5, 5.41) is 22.6. The van der Waals surface area contributed by atoms with Gasteiger partial charge in [-0.2, -0.15) is 0 Å². The molecule has 90 valence electrons. The fourth-order valence-electron chi connectivity index (χ4n) is 0.774. The third-order valence-corrected chi connectivity index (χ3v) is 2.27. The van der Waals surface area contributed by atoms with Gasteiger partial charge in [0.25, 0.3) is 5.69 Å². The molecule has 0 spiro atoms. The predicted octanol–water partition coefficient (Wildman–Crippen LogP) is 0.241. The molecule has 0 fully saturated rings. The number of sulfonamides is 1. The van der Waals surface area contributed by atoms with Crippen molar-refractivity contribution in [1.29, 1.82) is 0 Å². The molecule has 0 aromatic heterocycles. The molecular formula is C8H12N2O5S. The summed E-state index contributed by atoms with van der Waals surface area (Å²) in [7, 11) is -3.86. The van der Waals surface area contributed by atoms with Crippen LogP contribution in [0.25, 0.3) is 0 Å². The number of aliphatic hydroxyl groups is 1. The first-order valence-corrected chi connectivity index (χ1v) is 5.75. The summed E-state index contributed by atoms with van der Waals surface area (Å²) in [6.07, 6.45) is 0. The molecule has 8 heteroatoms. The smallest absolute Gasteiger partial charge is 0.270 e. The van der Waals surface area contributed by atoms with Gasteiger partial charge in [-0.15, -0.1) is 0 Å². The Bertz CT molecular complexity index is 457. The van der Waals surface area contributed by atoms with Gasteiger partial charge in [0, 0.05) is 18.7 Å². The molecule has 0 radical (unpaired) electrons. The van der Waals surface area contributed by atoms with Crippen LogP contribution in [0.2, 0.25) is 0 Å². The highest BCUT2D eigenvalue weighted by Crippen LogP contribution is 2.15. The van der Waals surface area contributed by atoms with Crippen LogP contribution in [-0.2, 0) is 10.0 Å². The maximum atomic E-state index is 10.8. The van der Waals surface area contributed by atoms with E-state index >= 15 is 0 Å². The first-order valence-electron chi connectivity index (χ1n) is 4.21. The normalized spacial score (nSPS) is 10.2. The molecule has 0 aliphatic heterocycles. The van der Waals surface area contributed by atoms with Gasteiger partial charge >= 0.3 is 0 Å². The predicted molar refractivity (Wildman–Crippen MR) is 57.2 cm³/mol. The van der Waals surface area contributed by atoms with Crippen LogP contribution in [0.4, 0.5) is 5.69 Å². The number of nitro benzene ring substituents is 1. The van der Waals surface area contributed by atoms with E-state index in [9.17, 15) is 18.5 Å². The van der Waals surface area contributed by atoms with Gasteiger partial charge in [-0.1, -0.05) is 6.07 Å². The number of non-ortho nitro benzene ring substituents is 1. The Morgan fingerprint density at radius 2 is 2.00 bits per heavy atom. The Morgan fingerprint density at radius 3 is 2.38 bits per heavy atom. The highest BCUT2D eigenvalue weighted by atomic mass is 32.2. The Kier molecular flexibility index (Phi) is 5.57. The lowest BCUT2D eigenvalue weighted by Gasteiger charge is -1.96. The molecule has 0 saturated carbocycles. The first kappa shape index (κ1) is 14.5. The van der Waals surface area contributed by atoms with Crippen LogP contribution >= 0.6 is 0 Å². The third kappa shape index (κ3) is 4.82. The lowest BCUT2D eigenvalue weighted by molar-refractivity contribution is -0.385. The molecular weight excluding hydrogens is 236 g/mol. The van der Waals surface area contributed by atoms with Crippen molar-refractivity contribution in [3.63, 3.8) is 0 Å². The van der Waals surface area contributed by atoms with Crippen molar-refractivity contribution in [2.24, 2.45) is 5.14 Å². The van der Waals surface area contributed by atoms with Gasteiger partial charge in [0.1, 0.15) is 0 Å². The number of aliphatic hydroxyl groups excluding tert-OH is 1. The van der Waals surface area contributed by atoms with Crippen molar-refractivity contribution in [3.05, 3.63) is 34.4 Å². The molecule has 3 N–H and O–H groups in total. The summed E-state index contributed by atoms with van der Waals surface area (Å²) < 4.78 is 21.5.